The van der Waals surface area contributed by atoms with E-state index in [-0.39, 0.29) is 5.91 Å². The summed E-state index contributed by atoms with van der Waals surface area (Å²) >= 11 is 0. The van der Waals surface area contributed by atoms with Crippen molar-refractivity contribution >= 4 is 11.6 Å². The van der Waals surface area contributed by atoms with Gasteiger partial charge in [-0.05, 0) is 38.6 Å². The standard InChI is InChI=1S/C14H21N3O/c1-17-9-5-8-13(17)10-15-11-14(18)16-12-6-3-2-4-7-12/h2-4,6-7,13,15H,5,8-11H2,1H3,(H,16,18). The van der Waals surface area contributed by atoms with E-state index in [4.69, 9.17) is 0 Å². The molecule has 0 aliphatic carbocycles. The van der Waals surface area contributed by atoms with Gasteiger partial charge in [-0.1, -0.05) is 18.2 Å². The number of rotatable bonds is 5. The highest BCUT2D eigenvalue weighted by Gasteiger charge is 2.20. The zero-order valence-corrected chi connectivity index (χ0v) is 10.9. The van der Waals surface area contributed by atoms with Gasteiger partial charge in [0, 0.05) is 18.3 Å². The molecule has 98 valence electrons. The zero-order valence-electron chi connectivity index (χ0n) is 10.9. The Morgan fingerprint density at radius 3 is 2.83 bits per heavy atom. The van der Waals surface area contributed by atoms with Gasteiger partial charge in [0.15, 0.2) is 0 Å². The van der Waals surface area contributed by atoms with E-state index in [0.29, 0.717) is 12.6 Å². The number of likely N-dealkylation sites (N-methyl/N-ethyl adjacent to an activating group) is 1. The lowest BCUT2D eigenvalue weighted by molar-refractivity contribution is -0.115. The molecule has 1 aromatic carbocycles. The molecule has 1 unspecified atom stereocenters. The minimum absolute atomic E-state index is 0.0156. The number of carbonyl (C=O) groups is 1. The van der Waals surface area contributed by atoms with Crippen LogP contribution in [0, 0.1) is 0 Å². The van der Waals surface area contributed by atoms with Crippen molar-refractivity contribution in [1.29, 1.82) is 0 Å². The Morgan fingerprint density at radius 1 is 1.39 bits per heavy atom. The van der Waals surface area contributed by atoms with Gasteiger partial charge in [-0.3, -0.25) is 4.79 Å². The van der Waals surface area contributed by atoms with Crippen LogP contribution in [0.25, 0.3) is 0 Å². The van der Waals surface area contributed by atoms with Crippen LogP contribution < -0.4 is 10.6 Å². The van der Waals surface area contributed by atoms with E-state index in [9.17, 15) is 4.79 Å². The molecule has 1 heterocycles. The Bertz CT molecular complexity index is 380. The number of hydrogen-bond acceptors (Lipinski definition) is 3. The highest BCUT2D eigenvalue weighted by molar-refractivity contribution is 5.92. The Labute approximate surface area is 108 Å². The lowest BCUT2D eigenvalue weighted by atomic mass is 10.2. The lowest BCUT2D eigenvalue weighted by Gasteiger charge is -2.19. The first-order chi connectivity index (χ1) is 8.75. The number of amides is 1. The van der Waals surface area contributed by atoms with Gasteiger partial charge in [-0.15, -0.1) is 0 Å². The number of hydrogen-bond donors (Lipinski definition) is 2. The van der Waals surface area contributed by atoms with Gasteiger partial charge in [-0.2, -0.15) is 0 Å². The van der Waals surface area contributed by atoms with Gasteiger partial charge in [-0.25, -0.2) is 0 Å². The van der Waals surface area contributed by atoms with E-state index in [0.717, 1.165) is 12.2 Å². The van der Waals surface area contributed by atoms with Crippen molar-refractivity contribution < 1.29 is 4.79 Å². The Kier molecular flexibility index (Phi) is 4.73. The predicted molar refractivity (Wildman–Crippen MR) is 73.6 cm³/mol. The van der Waals surface area contributed by atoms with E-state index in [1.807, 2.05) is 30.3 Å². The molecular weight excluding hydrogens is 226 g/mol. The fraction of sp³-hybridized carbons (Fsp3) is 0.500. The van der Waals surface area contributed by atoms with Crippen LogP contribution >= 0.6 is 0 Å². The Morgan fingerprint density at radius 2 is 2.17 bits per heavy atom. The maximum atomic E-state index is 11.7. The normalized spacial score (nSPS) is 19.9. The molecule has 1 fully saturated rings. The predicted octanol–water partition coefficient (Wildman–Crippen LogP) is 1.31. The van der Waals surface area contributed by atoms with Gasteiger partial charge in [0.1, 0.15) is 0 Å². The number of nitrogens with zero attached hydrogens (tertiary/aromatic N) is 1. The molecular formula is C14H21N3O. The lowest BCUT2D eigenvalue weighted by Crippen LogP contribution is -2.38. The minimum Gasteiger partial charge on any atom is -0.325 e. The van der Waals surface area contributed by atoms with Crippen LogP contribution in [-0.4, -0.2) is 43.5 Å². The summed E-state index contributed by atoms with van der Waals surface area (Å²) in [5.41, 5.74) is 0.849. The first-order valence-corrected chi connectivity index (χ1v) is 6.51. The number of nitrogens with one attached hydrogen (secondary N) is 2. The maximum absolute atomic E-state index is 11.7. The van der Waals surface area contributed by atoms with Crippen molar-refractivity contribution in [1.82, 2.24) is 10.2 Å². The smallest absolute Gasteiger partial charge is 0.238 e. The van der Waals surface area contributed by atoms with Crippen LogP contribution in [0.1, 0.15) is 12.8 Å². The van der Waals surface area contributed by atoms with Crippen molar-refractivity contribution in [3.8, 4) is 0 Å². The average Bonchev–Trinajstić information content (AvgIpc) is 2.76. The molecule has 1 aromatic rings. The number of benzene rings is 1. The molecule has 1 aliphatic heterocycles. The molecule has 4 nitrogen and oxygen atoms in total. The van der Waals surface area contributed by atoms with Crippen molar-refractivity contribution in [2.24, 2.45) is 0 Å². The first-order valence-electron chi connectivity index (χ1n) is 6.51. The van der Waals surface area contributed by atoms with Gasteiger partial charge in [0.2, 0.25) is 5.91 Å². The summed E-state index contributed by atoms with van der Waals surface area (Å²) in [7, 11) is 2.14. The summed E-state index contributed by atoms with van der Waals surface area (Å²) in [6.07, 6.45) is 2.49. The number of anilines is 1. The van der Waals surface area contributed by atoms with E-state index in [1.54, 1.807) is 0 Å². The van der Waals surface area contributed by atoms with Gasteiger partial charge in [0.05, 0.1) is 6.54 Å². The molecule has 0 bridgehead atoms. The van der Waals surface area contributed by atoms with Gasteiger partial charge >= 0.3 is 0 Å². The highest BCUT2D eigenvalue weighted by Crippen LogP contribution is 2.13. The summed E-state index contributed by atoms with van der Waals surface area (Å²) in [5.74, 6) is 0.0156. The molecule has 1 atom stereocenters. The zero-order chi connectivity index (χ0) is 12.8. The van der Waals surface area contributed by atoms with Crippen molar-refractivity contribution in [2.75, 3.05) is 32.0 Å². The van der Waals surface area contributed by atoms with E-state index in [1.165, 1.54) is 19.4 Å². The molecule has 2 N–H and O–H groups in total. The number of para-hydroxylation sites is 1. The molecule has 0 saturated carbocycles. The fourth-order valence-corrected chi connectivity index (χ4v) is 2.32. The molecule has 1 amide bonds. The number of likely N-dealkylation sites (tertiary alicyclic amines) is 1. The summed E-state index contributed by atoms with van der Waals surface area (Å²) in [5, 5.41) is 6.09. The summed E-state index contributed by atoms with van der Waals surface area (Å²) in [6, 6.07) is 10.1. The summed E-state index contributed by atoms with van der Waals surface area (Å²) in [6.45, 7) is 2.43. The third kappa shape index (κ3) is 3.82. The van der Waals surface area contributed by atoms with Crippen LogP contribution in [0.2, 0.25) is 0 Å². The van der Waals surface area contributed by atoms with Crippen LogP contribution in [0.5, 0.6) is 0 Å². The second kappa shape index (κ2) is 6.52. The van der Waals surface area contributed by atoms with E-state index >= 15 is 0 Å². The van der Waals surface area contributed by atoms with E-state index < -0.39 is 0 Å². The largest absolute Gasteiger partial charge is 0.325 e. The SMILES string of the molecule is CN1CCCC1CNCC(=O)Nc1ccccc1. The topological polar surface area (TPSA) is 44.4 Å². The third-order valence-electron chi connectivity index (χ3n) is 3.39. The molecule has 0 aromatic heterocycles. The molecule has 0 radical (unpaired) electrons. The summed E-state index contributed by atoms with van der Waals surface area (Å²) < 4.78 is 0. The molecule has 4 heteroatoms. The summed E-state index contributed by atoms with van der Waals surface area (Å²) in [4.78, 5) is 14.0. The monoisotopic (exact) mass is 247 g/mol. The molecule has 1 aliphatic rings. The van der Waals surface area contributed by atoms with E-state index in [2.05, 4.69) is 22.6 Å². The minimum atomic E-state index is 0.0156. The highest BCUT2D eigenvalue weighted by atomic mass is 16.1. The van der Waals surface area contributed by atoms with Gasteiger partial charge < -0.3 is 15.5 Å². The van der Waals surface area contributed by atoms with Crippen LogP contribution in [-0.2, 0) is 4.79 Å². The van der Waals surface area contributed by atoms with Gasteiger partial charge in [0.25, 0.3) is 0 Å². The number of carbonyl (C=O) groups excluding carboxylic acids is 1. The molecule has 2 rings (SSSR count). The molecule has 18 heavy (non-hydrogen) atoms. The van der Waals surface area contributed by atoms with Crippen molar-refractivity contribution in [3.05, 3.63) is 30.3 Å². The third-order valence-corrected chi connectivity index (χ3v) is 3.39. The first kappa shape index (κ1) is 13.1. The quantitative estimate of drug-likeness (QED) is 0.824. The molecule has 0 spiro atoms. The van der Waals surface area contributed by atoms with Crippen molar-refractivity contribution in [3.63, 3.8) is 0 Å². The van der Waals surface area contributed by atoms with Crippen LogP contribution in [0.3, 0.4) is 0 Å². The maximum Gasteiger partial charge on any atom is 0.238 e. The second-order valence-corrected chi connectivity index (χ2v) is 4.82. The Balaban J connectivity index is 1.66. The van der Waals surface area contributed by atoms with Crippen LogP contribution in [0.4, 0.5) is 5.69 Å². The average molecular weight is 247 g/mol. The molecule has 1 saturated heterocycles. The van der Waals surface area contributed by atoms with Crippen molar-refractivity contribution in [2.45, 2.75) is 18.9 Å². The van der Waals surface area contributed by atoms with Crippen LogP contribution in [0.15, 0.2) is 30.3 Å². The Hall–Kier alpha value is -1.39. The second-order valence-electron chi connectivity index (χ2n) is 4.82. The fourth-order valence-electron chi connectivity index (χ4n) is 2.32.